The van der Waals surface area contributed by atoms with Crippen LogP contribution in [0.15, 0.2) is 18.5 Å². The van der Waals surface area contributed by atoms with Crippen molar-refractivity contribution in [1.82, 2.24) is 4.57 Å². The molecule has 0 aliphatic rings. The lowest BCUT2D eigenvalue weighted by Gasteiger charge is -2.03. The molecule has 0 N–H and O–H groups in total. The molecular formula is C12H19NO2. The number of hydrogen-bond acceptors (Lipinski definition) is 2. The van der Waals surface area contributed by atoms with E-state index in [0.717, 1.165) is 25.1 Å². The fourth-order valence-corrected chi connectivity index (χ4v) is 1.37. The molecule has 0 spiro atoms. The molecule has 0 aliphatic carbocycles. The quantitative estimate of drug-likeness (QED) is 0.510. The largest absolute Gasteiger partial charge is 0.380 e. The summed E-state index contributed by atoms with van der Waals surface area (Å²) in [6, 6.07) is 1.87. The molecule has 84 valence electrons. The van der Waals surface area contributed by atoms with Crippen molar-refractivity contribution < 1.29 is 9.53 Å². The van der Waals surface area contributed by atoms with Crippen molar-refractivity contribution in [3.8, 4) is 0 Å². The van der Waals surface area contributed by atoms with Crippen molar-refractivity contribution in [1.29, 1.82) is 0 Å². The highest BCUT2D eigenvalue weighted by Gasteiger charge is 2.04. The summed E-state index contributed by atoms with van der Waals surface area (Å²) in [7, 11) is 0. The summed E-state index contributed by atoms with van der Waals surface area (Å²) in [5.74, 6) is 0.197. The third-order valence-corrected chi connectivity index (χ3v) is 2.24. The number of rotatable bonds is 7. The van der Waals surface area contributed by atoms with Crippen LogP contribution in [-0.4, -0.2) is 23.6 Å². The summed E-state index contributed by atoms with van der Waals surface area (Å²) in [6.45, 7) is 6.30. The van der Waals surface area contributed by atoms with E-state index in [0.29, 0.717) is 13.0 Å². The molecule has 1 aromatic rings. The molecule has 0 unspecified atom stereocenters. The van der Waals surface area contributed by atoms with Crippen LogP contribution in [0.3, 0.4) is 0 Å². The van der Waals surface area contributed by atoms with Gasteiger partial charge in [-0.15, -0.1) is 0 Å². The lowest BCUT2D eigenvalue weighted by atomic mass is 10.2. The van der Waals surface area contributed by atoms with Crippen molar-refractivity contribution in [3.05, 3.63) is 24.0 Å². The average molecular weight is 209 g/mol. The molecule has 0 amide bonds. The fraction of sp³-hybridized carbons (Fsp3) is 0.583. The van der Waals surface area contributed by atoms with Crippen molar-refractivity contribution in [2.24, 2.45) is 0 Å². The van der Waals surface area contributed by atoms with E-state index in [9.17, 15) is 4.79 Å². The zero-order valence-corrected chi connectivity index (χ0v) is 9.53. The van der Waals surface area contributed by atoms with Crippen LogP contribution >= 0.6 is 0 Å². The number of nitrogens with zero attached hydrogens (tertiary/aromatic N) is 1. The number of ketones is 1. The van der Waals surface area contributed by atoms with E-state index in [1.165, 1.54) is 0 Å². The van der Waals surface area contributed by atoms with Crippen molar-refractivity contribution in [2.45, 2.75) is 33.2 Å². The SMILES string of the molecule is CCCOCCn1ccc(C(=O)CC)c1. The first-order valence-electron chi connectivity index (χ1n) is 5.54. The second kappa shape index (κ2) is 6.40. The van der Waals surface area contributed by atoms with Crippen LogP contribution in [0.4, 0.5) is 0 Å². The number of Topliss-reactive ketones (excluding diaryl/α,β-unsaturated/α-hetero) is 1. The Morgan fingerprint density at radius 3 is 2.87 bits per heavy atom. The Hall–Kier alpha value is -1.09. The smallest absolute Gasteiger partial charge is 0.164 e. The standard InChI is InChI=1S/C12H19NO2/c1-3-8-15-9-7-13-6-5-11(10-13)12(14)4-2/h5-6,10H,3-4,7-9H2,1-2H3. The minimum atomic E-state index is 0.197. The first kappa shape index (κ1) is 12.0. The van der Waals surface area contributed by atoms with Crippen LogP contribution in [0.25, 0.3) is 0 Å². The Bertz CT molecular complexity index is 304. The van der Waals surface area contributed by atoms with Gasteiger partial charge in [-0.3, -0.25) is 4.79 Å². The Kier molecular flexibility index (Phi) is 5.12. The average Bonchev–Trinajstić information content (AvgIpc) is 2.72. The highest BCUT2D eigenvalue weighted by Crippen LogP contribution is 2.04. The number of carbonyl (C=O) groups excluding carboxylic acids is 1. The van der Waals surface area contributed by atoms with Gasteiger partial charge in [-0.25, -0.2) is 0 Å². The topological polar surface area (TPSA) is 31.2 Å². The molecule has 0 aliphatic heterocycles. The van der Waals surface area contributed by atoms with Gasteiger partial charge in [0.25, 0.3) is 0 Å². The lowest BCUT2D eigenvalue weighted by molar-refractivity contribution is 0.0987. The van der Waals surface area contributed by atoms with E-state index in [1.54, 1.807) is 0 Å². The van der Waals surface area contributed by atoms with Gasteiger partial charge < -0.3 is 9.30 Å². The van der Waals surface area contributed by atoms with Gasteiger partial charge in [-0.1, -0.05) is 13.8 Å². The molecule has 0 fully saturated rings. The van der Waals surface area contributed by atoms with Gasteiger partial charge in [-0.2, -0.15) is 0 Å². The molecule has 1 aromatic heterocycles. The fourth-order valence-electron chi connectivity index (χ4n) is 1.37. The Balaban J connectivity index is 2.36. The predicted octanol–water partition coefficient (Wildman–Crippen LogP) is 2.51. The third kappa shape index (κ3) is 3.88. The van der Waals surface area contributed by atoms with Crippen LogP contribution in [0.2, 0.25) is 0 Å². The van der Waals surface area contributed by atoms with Crippen LogP contribution in [0.5, 0.6) is 0 Å². The first-order chi connectivity index (χ1) is 7.27. The predicted molar refractivity (Wildman–Crippen MR) is 60.2 cm³/mol. The van der Waals surface area contributed by atoms with Crippen molar-refractivity contribution in [2.75, 3.05) is 13.2 Å². The molecule has 15 heavy (non-hydrogen) atoms. The van der Waals surface area contributed by atoms with Crippen LogP contribution in [0.1, 0.15) is 37.0 Å². The highest BCUT2D eigenvalue weighted by atomic mass is 16.5. The van der Waals surface area contributed by atoms with E-state index in [2.05, 4.69) is 6.92 Å². The highest BCUT2D eigenvalue weighted by molar-refractivity contribution is 5.95. The van der Waals surface area contributed by atoms with Gasteiger partial charge in [0.05, 0.1) is 6.61 Å². The van der Waals surface area contributed by atoms with Crippen LogP contribution in [0, 0.1) is 0 Å². The summed E-state index contributed by atoms with van der Waals surface area (Å²) in [6.07, 6.45) is 5.43. The summed E-state index contributed by atoms with van der Waals surface area (Å²) in [4.78, 5) is 11.4. The molecule has 0 bridgehead atoms. The third-order valence-electron chi connectivity index (χ3n) is 2.24. The lowest BCUT2D eigenvalue weighted by Crippen LogP contribution is -2.04. The number of ether oxygens (including phenoxy) is 1. The molecule has 0 saturated carbocycles. The first-order valence-corrected chi connectivity index (χ1v) is 5.54. The summed E-state index contributed by atoms with van der Waals surface area (Å²) >= 11 is 0. The summed E-state index contributed by atoms with van der Waals surface area (Å²) in [5, 5.41) is 0. The van der Waals surface area contributed by atoms with E-state index in [-0.39, 0.29) is 5.78 Å². The van der Waals surface area contributed by atoms with E-state index < -0.39 is 0 Å². The van der Waals surface area contributed by atoms with E-state index in [1.807, 2.05) is 30.0 Å². The molecule has 1 heterocycles. The number of hydrogen-bond donors (Lipinski definition) is 0. The summed E-state index contributed by atoms with van der Waals surface area (Å²) < 4.78 is 7.38. The van der Waals surface area contributed by atoms with Gasteiger partial charge in [0.15, 0.2) is 5.78 Å². The zero-order valence-electron chi connectivity index (χ0n) is 9.53. The number of aromatic nitrogens is 1. The monoisotopic (exact) mass is 209 g/mol. The van der Waals surface area contributed by atoms with Gasteiger partial charge in [-0.05, 0) is 12.5 Å². The van der Waals surface area contributed by atoms with Gasteiger partial charge in [0.2, 0.25) is 0 Å². The molecule has 3 nitrogen and oxygen atoms in total. The maximum Gasteiger partial charge on any atom is 0.164 e. The Labute approximate surface area is 91.0 Å². The molecule has 0 aromatic carbocycles. The van der Waals surface area contributed by atoms with Crippen molar-refractivity contribution in [3.63, 3.8) is 0 Å². The number of carbonyl (C=O) groups is 1. The summed E-state index contributed by atoms with van der Waals surface area (Å²) in [5.41, 5.74) is 0.799. The van der Waals surface area contributed by atoms with Gasteiger partial charge >= 0.3 is 0 Å². The van der Waals surface area contributed by atoms with Crippen LogP contribution < -0.4 is 0 Å². The molecule has 0 saturated heterocycles. The second-order valence-corrected chi connectivity index (χ2v) is 3.53. The van der Waals surface area contributed by atoms with Crippen molar-refractivity contribution >= 4 is 5.78 Å². The van der Waals surface area contributed by atoms with E-state index in [4.69, 9.17) is 4.74 Å². The van der Waals surface area contributed by atoms with Crippen LogP contribution in [-0.2, 0) is 11.3 Å². The second-order valence-electron chi connectivity index (χ2n) is 3.53. The molecule has 0 radical (unpaired) electrons. The van der Waals surface area contributed by atoms with Gasteiger partial charge in [0.1, 0.15) is 0 Å². The van der Waals surface area contributed by atoms with Gasteiger partial charge in [0, 0.05) is 37.5 Å². The molecule has 3 heteroatoms. The minimum absolute atomic E-state index is 0.197. The zero-order chi connectivity index (χ0) is 11.1. The maximum atomic E-state index is 11.4. The normalized spacial score (nSPS) is 10.5. The minimum Gasteiger partial charge on any atom is -0.380 e. The molecule has 0 atom stereocenters. The Morgan fingerprint density at radius 2 is 2.20 bits per heavy atom. The van der Waals surface area contributed by atoms with E-state index >= 15 is 0 Å². The maximum absolute atomic E-state index is 11.4. The molecule has 1 rings (SSSR count). The Morgan fingerprint density at radius 1 is 1.40 bits per heavy atom. The molecular weight excluding hydrogens is 190 g/mol.